The van der Waals surface area contributed by atoms with Crippen LogP contribution in [0.25, 0.3) is 21.8 Å². The van der Waals surface area contributed by atoms with Crippen molar-refractivity contribution in [2.75, 3.05) is 6.61 Å². The minimum absolute atomic E-state index is 0.00428. The zero-order valence-corrected chi connectivity index (χ0v) is 14.5. The van der Waals surface area contributed by atoms with Crippen molar-refractivity contribution < 1.29 is 9.53 Å². The number of carbonyl (C=O) groups excluding carboxylic acids is 1. The number of hydrogen-bond acceptors (Lipinski definition) is 3. The molecule has 0 fully saturated rings. The van der Waals surface area contributed by atoms with Gasteiger partial charge in [0.25, 0.3) is 0 Å². The lowest BCUT2D eigenvalue weighted by atomic mass is 10.1. The Hall–Kier alpha value is -2.62. The molecule has 130 valence electrons. The first-order chi connectivity index (χ1) is 12.2. The van der Waals surface area contributed by atoms with Crippen LogP contribution in [0.4, 0.5) is 0 Å². The number of fused-ring (bicyclic) bond motifs is 2. The second kappa shape index (κ2) is 7.97. The number of rotatable bonds is 7. The molecule has 25 heavy (non-hydrogen) atoms. The van der Waals surface area contributed by atoms with Gasteiger partial charge in [-0.1, -0.05) is 50.5 Å². The Bertz CT molecular complexity index is 883. The zero-order valence-electron chi connectivity index (χ0n) is 14.5. The monoisotopic (exact) mass is 337 g/mol. The summed E-state index contributed by atoms with van der Waals surface area (Å²) >= 11 is 0. The van der Waals surface area contributed by atoms with E-state index in [4.69, 9.17) is 4.74 Å². The number of ether oxygens (including phenoxy) is 1. The average molecular weight is 337 g/mol. The van der Waals surface area contributed by atoms with Crippen molar-refractivity contribution in [3.63, 3.8) is 0 Å². The van der Waals surface area contributed by atoms with Crippen LogP contribution in [-0.4, -0.2) is 17.1 Å². The van der Waals surface area contributed by atoms with E-state index in [0.717, 1.165) is 36.7 Å². The molecule has 0 amide bonds. The largest absolute Gasteiger partial charge is 0.464 e. The molecule has 0 unspecified atom stereocenters. The molecular formula is C21H23NO3. The van der Waals surface area contributed by atoms with E-state index in [-0.39, 0.29) is 17.9 Å². The Kier molecular flexibility index (Phi) is 5.49. The highest BCUT2D eigenvalue weighted by atomic mass is 16.5. The van der Waals surface area contributed by atoms with E-state index >= 15 is 0 Å². The first-order valence-corrected chi connectivity index (χ1v) is 8.88. The molecule has 0 bridgehead atoms. The van der Waals surface area contributed by atoms with E-state index in [2.05, 4.69) is 6.92 Å². The molecular weight excluding hydrogens is 314 g/mol. The van der Waals surface area contributed by atoms with Gasteiger partial charge in [-0.05, 0) is 30.7 Å². The van der Waals surface area contributed by atoms with Crippen LogP contribution in [-0.2, 0) is 16.1 Å². The molecule has 3 rings (SSSR count). The van der Waals surface area contributed by atoms with Gasteiger partial charge in [0.2, 0.25) is 0 Å². The van der Waals surface area contributed by atoms with Gasteiger partial charge in [0.1, 0.15) is 6.54 Å². The van der Waals surface area contributed by atoms with E-state index < -0.39 is 0 Å². The summed E-state index contributed by atoms with van der Waals surface area (Å²) in [6.07, 6.45) is 4.29. The van der Waals surface area contributed by atoms with Crippen molar-refractivity contribution in [2.24, 2.45) is 0 Å². The molecule has 0 aliphatic heterocycles. The van der Waals surface area contributed by atoms with Crippen LogP contribution in [0.3, 0.4) is 0 Å². The van der Waals surface area contributed by atoms with Crippen LogP contribution < -0.4 is 5.43 Å². The van der Waals surface area contributed by atoms with Crippen LogP contribution >= 0.6 is 0 Å². The lowest BCUT2D eigenvalue weighted by Crippen LogP contribution is -2.18. The second-order valence-corrected chi connectivity index (χ2v) is 6.23. The first kappa shape index (κ1) is 17.2. The summed E-state index contributed by atoms with van der Waals surface area (Å²) in [6, 6.07) is 14.8. The fraction of sp³-hybridized carbons (Fsp3) is 0.333. The molecule has 1 aromatic heterocycles. The Morgan fingerprint density at radius 3 is 2.12 bits per heavy atom. The number of para-hydroxylation sites is 2. The van der Waals surface area contributed by atoms with E-state index in [1.54, 1.807) is 12.1 Å². The van der Waals surface area contributed by atoms with E-state index in [0.29, 0.717) is 17.4 Å². The van der Waals surface area contributed by atoms with Gasteiger partial charge in [0, 0.05) is 10.8 Å². The van der Waals surface area contributed by atoms with Gasteiger partial charge in [-0.15, -0.1) is 0 Å². The third-order valence-electron chi connectivity index (χ3n) is 4.43. The summed E-state index contributed by atoms with van der Waals surface area (Å²) < 4.78 is 7.26. The van der Waals surface area contributed by atoms with Crippen molar-refractivity contribution in [3.8, 4) is 0 Å². The minimum Gasteiger partial charge on any atom is -0.464 e. The van der Waals surface area contributed by atoms with E-state index in [9.17, 15) is 9.59 Å². The topological polar surface area (TPSA) is 48.3 Å². The molecule has 0 saturated heterocycles. The Morgan fingerprint density at radius 1 is 0.920 bits per heavy atom. The summed E-state index contributed by atoms with van der Waals surface area (Å²) in [6.45, 7) is 2.71. The fourth-order valence-corrected chi connectivity index (χ4v) is 3.14. The average Bonchev–Trinajstić information content (AvgIpc) is 2.65. The molecule has 4 heteroatoms. The summed E-state index contributed by atoms with van der Waals surface area (Å²) in [5, 5.41) is 1.24. The summed E-state index contributed by atoms with van der Waals surface area (Å²) in [4.78, 5) is 25.0. The molecule has 2 aromatic carbocycles. The van der Waals surface area contributed by atoms with Crippen molar-refractivity contribution in [2.45, 2.75) is 39.2 Å². The number of esters is 1. The summed E-state index contributed by atoms with van der Waals surface area (Å²) in [5.41, 5.74) is 1.51. The maximum absolute atomic E-state index is 12.7. The van der Waals surface area contributed by atoms with Crippen LogP contribution in [0, 0.1) is 0 Å². The molecule has 0 spiro atoms. The van der Waals surface area contributed by atoms with Gasteiger partial charge < -0.3 is 9.30 Å². The first-order valence-electron chi connectivity index (χ1n) is 8.88. The standard InChI is InChI=1S/C21H23NO3/c1-2-3-4-9-14-25-20(23)15-22-18-12-7-5-10-16(18)21(24)17-11-6-8-13-19(17)22/h5-8,10-13H,2-4,9,14-15H2,1H3. The highest BCUT2D eigenvalue weighted by molar-refractivity contribution is 5.94. The molecule has 0 aliphatic rings. The predicted molar refractivity (Wildman–Crippen MR) is 101 cm³/mol. The van der Waals surface area contributed by atoms with Crippen LogP contribution in [0.5, 0.6) is 0 Å². The zero-order chi connectivity index (χ0) is 17.6. The Balaban J connectivity index is 1.90. The second-order valence-electron chi connectivity index (χ2n) is 6.23. The third-order valence-corrected chi connectivity index (χ3v) is 4.43. The predicted octanol–water partition coefficient (Wildman–Crippen LogP) is 4.28. The lowest BCUT2D eigenvalue weighted by Gasteiger charge is -2.14. The summed E-state index contributed by atoms with van der Waals surface area (Å²) in [5.74, 6) is -0.268. The maximum Gasteiger partial charge on any atom is 0.325 e. The molecule has 0 saturated carbocycles. The van der Waals surface area contributed by atoms with Crippen molar-refractivity contribution in [1.29, 1.82) is 0 Å². The molecule has 4 nitrogen and oxygen atoms in total. The van der Waals surface area contributed by atoms with Gasteiger partial charge >= 0.3 is 5.97 Å². The molecule has 1 heterocycles. The lowest BCUT2D eigenvalue weighted by molar-refractivity contribution is -0.144. The van der Waals surface area contributed by atoms with Crippen molar-refractivity contribution >= 4 is 27.8 Å². The molecule has 0 atom stereocenters. The maximum atomic E-state index is 12.7. The SMILES string of the molecule is CCCCCCOC(=O)Cn1c2ccccc2c(=O)c2ccccc21. The van der Waals surface area contributed by atoms with Crippen LogP contribution in [0.2, 0.25) is 0 Å². The van der Waals surface area contributed by atoms with Gasteiger partial charge in [-0.25, -0.2) is 0 Å². The number of hydrogen-bond donors (Lipinski definition) is 0. The van der Waals surface area contributed by atoms with Gasteiger partial charge in [0.15, 0.2) is 5.43 Å². The summed E-state index contributed by atoms with van der Waals surface area (Å²) in [7, 11) is 0. The quantitative estimate of drug-likeness (QED) is 0.367. The molecule has 3 aromatic rings. The van der Waals surface area contributed by atoms with Crippen molar-refractivity contribution in [3.05, 3.63) is 58.8 Å². The molecule has 0 aliphatic carbocycles. The number of aromatic nitrogens is 1. The molecule has 0 radical (unpaired) electrons. The normalized spacial score (nSPS) is 11.1. The Labute approximate surface area is 147 Å². The van der Waals surface area contributed by atoms with E-state index in [1.807, 2.05) is 41.0 Å². The highest BCUT2D eigenvalue weighted by Gasteiger charge is 2.13. The number of benzene rings is 2. The van der Waals surface area contributed by atoms with Gasteiger partial charge in [0.05, 0.1) is 17.6 Å². The molecule has 0 N–H and O–H groups in total. The van der Waals surface area contributed by atoms with E-state index in [1.165, 1.54) is 0 Å². The van der Waals surface area contributed by atoms with Crippen molar-refractivity contribution in [1.82, 2.24) is 4.57 Å². The number of carbonyl (C=O) groups is 1. The third kappa shape index (κ3) is 3.73. The van der Waals surface area contributed by atoms with Gasteiger partial charge in [-0.2, -0.15) is 0 Å². The number of pyridine rings is 1. The fourth-order valence-electron chi connectivity index (χ4n) is 3.14. The number of unbranched alkanes of at least 4 members (excludes halogenated alkanes) is 3. The number of nitrogens with zero attached hydrogens (tertiary/aromatic N) is 1. The minimum atomic E-state index is -0.268. The Morgan fingerprint density at radius 2 is 1.52 bits per heavy atom. The van der Waals surface area contributed by atoms with Gasteiger partial charge in [-0.3, -0.25) is 9.59 Å². The van der Waals surface area contributed by atoms with Crippen LogP contribution in [0.15, 0.2) is 53.3 Å². The van der Waals surface area contributed by atoms with Crippen LogP contribution in [0.1, 0.15) is 32.6 Å². The highest BCUT2D eigenvalue weighted by Crippen LogP contribution is 2.19. The smallest absolute Gasteiger partial charge is 0.325 e.